The first kappa shape index (κ1) is 23.1. The predicted octanol–water partition coefficient (Wildman–Crippen LogP) is 5.41. The lowest BCUT2D eigenvalue weighted by Crippen LogP contribution is -2.35. The molecule has 0 bridgehead atoms. The van der Waals surface area contributed by atoms with E-state index in [0.29, 0.717) is 5.56 Å². The first-order chi connectivity index (χ1) is 13.8. The van der Waals surface area contributed by atoms with E-state index in [4.69, 9.17) is 9.47 Å². The second-order valence-corrected chi connectivity index (χ2v) is 11.7. The molecule has 0 spiro atoms. The number of ether oxygens (including phenoxy) is 2. The van der Waals surface area contributed by atoms with Crippen molar-refractivity contribution in [3.63, 3.8) is 0 Å². The second kappa shape index (κ2) is 8.18. The van der Waals surface area contributed by atoms with Crippen molar-refractivity contribution in [3.05, 3.63) is 29.6 Å². The Labute approximate surface area is 183 Å². The lowest BCUT2D eigenvalue weighted by Gasteiger charge is -2.28. The number of esters is 2. The number of benzene rings is 1. The van der Waals surface area contributed by atoms with Gasteiger partial charge in [0, 0.05) is 10.6 Å². The SMILES string of the molecule is Cc1cc(SCC2C[C@@H]3C([C@@H]2C(=O)OC(C)(C)C)[C@H]3C(=O)OC(C)(C)C)ccc1F. The molecule has 6 heteroatoms. The molecule has 0 amide bonds. The van der Waals surface area contributed by atoms with Gasteiger partial charge in [0.15, 0.2) is 0 Å². The van der Waals surface area contributed by atoms with E-state index in [0.717, 1.165) is 17.1 Å². The summed E-state index contributed by atoms with van der Waals surface area (Å²) in [6, 6.07) is 5.09. The van der Waals surface area contributed by atoms with Gasteiger partial charge in [0.05, 0.1) is 11.8 Å². The van der Waals surface area contributed by atoms with Gasteiger partial charge in [-0.3, -0.25) is 9.59 Å². The number of rotatable bonds is 5. The third-order valence-electron chi connectivity index (χ3n) is 5.68. The summed E-state index contributed by atoms with van der Waals surface area (Å²) >= 11 is 1.63. The second-order valence-electron chi connectivity index (χ2n) is 10.6. The number of thioether (sulfide) groups is 1. The van der Waals surface area contributed by atoms with E-state index in [1.807, 2.05) is 47.6 Å². The summed E-state index contributed by atoms with van der Waals surface area (Å²) in [6.07, 6.45) is 0.811. The van der Waals surface area contributed by atoms with E-state index in [1.165, 1.54) is 6.07 Å². The number of aryl methyl sites for hydroxylation is 1. The van der Waals surface area contributed by atoms with Gasteiger partial charge in [-0.25, -0.2) is 4.39 Å². The Morgan fingerprint density at radius 1 is 1.03 bits per heavy atom. The molecule has 0 saturated heterocycles. The Morgan fingerprint density at radius 2 is 1.60 bits per heavy atom. The van der Waals surface area contributed by atoms with E-state index in [1.54, 1.807) is 24.8 Å². The van der Waals surface area contributed by atoms with E-state index < -0.39 is 11.2 Å². The average Bonchev–Trinajstić information content (AvgIpc) is 3.14. The lowest BCUT2D eigenvalue weighted by molar-refractivity contribution is -0.163. The molecule has 0 aromatic heterocycles. The Bertz CT molecular complexity index is 823. The van der Waals surface area contributed by atoms with E-state index in [-0.39, 0.29) is 47.3 Å². The summed E-state index contributed by atoms with van der Waals surface area (Å²) in [5.41, 5.74) is -0.495. The van der Waals surface area contributed by atoms with Crippen LogP contribution in [0.3, 0.4) is 0 Å². The van der Waals surface area contributed by atoms with Crippen LogP contribution in [0.15, 0.2) is 23.1 Å². The molecule has 0 heterocycles. The van der Waals surface area contributed by atoms with E-state index in [9.17, 15) is 14.0 Å². The minimum absolute atomic E-state index is 0.00439. The summed E-state index contributed by atoms with van der Waals surface area (Å²) in [5.74, 6) is -0.112. The minimum Gasteiger partial charge on any atom is -0.460 e. The van der Waals surface area contributed by atoms with Gasteiger partial charge in [-0.05, 0) is 96.4 Å². The standard InChI is InChI=1S/C24H33FO4S/c1-13-10-15(8-9-17(13)25)30-12-14-11-16-19(18(14)21(26)28-23(2,3)4)20(16)22(27)29-24(5,6)7/h8-10,14,16,18-20H,11-12H2,1-7H3/t14?,16-,18-,19?,20+/m1/s1. The van der Waals surface area contributed by atoms with Gasteiger partial charge in [0.1, 0.15) is 17.0 Å². The fraction of sp³-hybridized carbons (Fsp3) is 0.667. The zero-order valence-electron chi connectivity index (χ0n) is 19.0. The van der Waals surface area contributed by atoms with Crippen molar-refractivity contribution in [2.24, 2.45) is 29.6 Å². The first-order valence-electron chi connectivity index (χ1n) is 10.6. The van der Waals surface area contributed by atoms with Crippen molar-refractivity contribution in [1.82, 2.24) is 0 Å². The molecule has 2 aliphatic rings. The van der Waals surface area contributed by atoms with Crippen LogP contribution < -0.4 is 0 Å². The molecule has 3 rings (SSSR count). The van der Waals surface area contributed by atoms with Crippen molar-refractivity contribution < 1.29 is 23.5 Å². The van der Waals surface area contributed by atoms with Gasteiger partial charge >= 0.3 is 11.9 Å². The van der Waals surface area contributed by atoms with Crippen molar-refractivity contribution in [3.8, 4) is 0 Å². The Morgan fingerprint density at radius 3 is 2.13 bits per heavy atom. The van der Waals surface area contributed by atoms with Crippen LogP contribution in [0, 0.1) is 42.3 Å². The number of fused-ring (bicyclic) bond motifs is 1. The maximum absolute atomic E-state index is 13.5. The van der Waals surface area contributed by atoms with Crippen molar-refractivity contribution in [1.29, 1.82) is 0 Å². The third-order valence-corrected chi connectivity index (χ3v) is 6.86. The molecule has 0 N–H and O–H groups in total. The Kier molecular flexibility index (Phi) is 6.30. The number of hydrogen-bond acceptors (Lipinski definition) is 5. The molecule has 30 heavy (non-hydrogen) atoms. The van der Waals surface area contributed by atoms with Crippen molar-refractivity contribution >= 4 is 23.7 Å². The van der Waals surface area contributed by atoms with Gasteiger partial charge in [0.2, 0.25) is 0 Å². The van der Waals surface area contributed by atoms with Crippen LogP contribution in [-0.4, -0.2) is 28.9 Å². The zero-order valence-corrected chi connectivity index (χ0v) is 19.8. The highest BCUT2D eigenvalue weighted by molar-refractivity contribution is 7.99. The summed E-state index contributed by atoms with van der Waals surface area (Å²) in [4.78, 5) is 26.7. The zero-order chi connectivity index (χ0) is 22.4. The van der Waals surface area contributed by atoms with Crippen LogP contribution in [0.4, 0.5) is 4.39 Å². The maximum atomic E-state index is 13.5. The molecular formula is C24H33FO4S. The number of carbonyl (C=O) groups is 2. The molecule has 1 aromatic carbocycles. The van der Waals surface area contributed by atoms with E-state index in [2.05, 4.69) is 0 Å². The van der Waals surface area contributed by atoms with Gasteiger partial charge in [0.25, 0.3) is 0 Å². The van der Waals surface area contributed by atoms with Gasteiger partial charge in [-0.15, -0.1) is 11.8 Å². The maximum Gasteiger partial charge on any atom is 0.310 e. The van der Waals surface area contributed by atoms with Crippen LogP contribution in [-0.2, 0) is 19.1 Å². The van der Waals surface area contributed by atoms with Crippen molar-refractivity contribution in [2.45, 2.75) is 71.0 Å². The molecule has 166 valence electrons. The fourth-order valence-corrected chi connectivity index (χ4v) is 5.68. The van der Waals surface area contributed by atoms with E-state index >= 15 is 0 Å². The number of carbonyl (C=O) groups excluding carboxylic acids is 2. The largest absolute Gasteiger partial charge is 0.460 e. The molecule has 4 nitrogen and oxygen atoms in total. The molecule has 2 aliphatic carbocycles. The van der Waals surface area contributed by atoms with Gasteiger partial charge < -0.3 is 9.47 Å². The molecule has 0 radical (unpaired) electrons. The van der Waals surface area contributed by atoms with Gasteiger partial charge in [-0.2, -0.15) is 0 Å². The van der Waals surface area contributed by atoms with Crippen LogP contribution in [0.5, 0.6) is 0 Å². The first-order valence-corrected chi connectivity index (χ1v) is 11.6. The predicted molar refractivity (Wildman–Crippen MR) is 116 cm³/mol. The average molecular weight is 437 g/mol. The molecule has 5 atom stereocenters. The van der Waals surface area contributed by atoms with Crippen LogP contribution in [0.2, 0.25) is 0 Å². The number of halogens is 1. The topological polar surface area (TPSA) is 52.6 Å². The monoisotopic (exact) mass is 436 g/mol. The Balaban J connectivity index is 1.71. The summed E-state index contributed by atoms with van der Waals surface area (Å²) in [7, 11) is 0. The molecule has 2 unspecified atom stereocenters. The van der Waals surface area contributed by atoms with Crippen molar-refractivity contribution in [2.75, 3.05) is 5.75 Å². The van der Waals surface area contributed by atoms with Crippen LogP contribution in [0.1, 0.15) is 53.5 Å². The van der Waals surface area contributed by atoms with Crippen LogP contribution in [0.25, 0.3) is 0 Å². The normalized spacial score (nSPS) is 28.1. The molecular weight excluding hydrogens is 403 g/mol. The number of hydrogen-bond donors (Lipinski definition) is 0. The minimum atomic E-state index is -0.572. The Hall–Kier alpha value is -1.56. The molecule has 2 saturated carbocycles. The highest BCUT2D eigenvalue weighted by atomic mass is 32.2. The molecule has 0 aliphatic heterocycles. The quantitative estimate of drug-likeness (QED) is 0.456. The third kappa shape index (κ3) is 5.37. The highest BCUT2D eigenvalue weighted by Crippen LogP contribution is 2.64. The van der Waals surface area contributed by atoms with Crippen LogP contribution >= 0.6 is 11.8 Å². The summed E-state index contributed by atoms with van der Waals surface area (Å²) < 4.78 is 24.8. The summed E-state index contributed by atoms with van der Waals surface area (Å²) in [5, 5.41) is 0. The smallest absolute Gasteiger partial charge is 0.310 e. The molecule has 1 aromatic rings. The highest BCUT2D eigenvalue weighted by Gasteiger charge is 2.67. The summed E-state index contributed by atoms with van der Waals surface area (Å²) in [6.45, 7) is 12.9. The van der Waals surface area contributed by atoms with Gasteiger partial charge in [-0.1, -0.05) is 0 Å². The lowest BCUT2D eigenvalue weighted by atomic mass is 9.89. The molecule has 2 fully saturated rings. The fourth-order valence-electron chi connectivity index (χ4n) is 4.51.